The summed E-state index contributed by atoms with van der Waals surface area (Å²) in [5.74, 6) is 2.20. The highest BCUT2D eigenvalue weighted by atomic mass is 16.6. The molecule has 2 aromatic rings. The molecular formula is C16H24N6O2. The van der Waals surface area contributed by atoms with E-state index in [0.717, 1.165) is 37.8 Å². The van der Waals surface area contributed by atoms with Gasteiger partial charge >= 0.3 is 0 Å². The number of hydrogen-bond donors (Lipinski definition) is 1. The second-order valence-corrected chi connectivity index (χ2v) is 6.84. The molecule has 1 N–H and O–H groups in total. The van der Waals surface area contributed by atoms with Gasteiger partial charge in [0, 0.05) is 26.2 Å². The van der Waals surface area contributed by atoms with E-state index < -0.39 is 0 Å². The molecule has 2 aliphatic rings. The molecule has 1 atom stereocenters. The highest BCUT2D eigenvalue weighted by Gasteiger charge is 2.26. The molecular weight excluding hydrogens is 308 g/mol. The largest absolute Gasteiger partial charge is 0.384 e. The van der Waals surface area contributed by atoms with Crippen molar-refractivity contribution in [3.05, 3.63) is 0 Å². The van der Waals surface area contributed by atoms with Gasteiger partial charge in [0.2, 0.25) is 11.3 Å². The Morgan fingerprint density at radius 1 is 1.12 bits per heavy atom. The van der Waals surface area contributed by atoms with Crippen molar-refractivity contribution in [1.82, 2.24) is 20.3 Å². The van der Waals surface area contributed by atoms with Crippen LogP contribution in [0.25, 0.3) is 11.3 Å². The van der Waals surface area contributed by atoms with Crippen molar-refractivity contribution >= 4 is 22.9 Å². The van der Waals surface area contributed by atoms with Crippen LogP contribution in [0.4, 0.5) is 11.6 Å². The maximum atomic E-state index is 5.35. The molecule has 0 amide bonds. The molecule has 8 heteroatoms. The zero-order chi connectivity index (χ0) is 16.4. The van der Waals surface area contributed by atoms with E-state index in [1.807, 2.05) is 0 Å². The van der Waals surface area contributed by atoms with Gasteiger partial charge in [-0.25, -0.2) is 14.6 Å². The molecule has 24 heavy (non-hydrogen) atoms. The molecule has 0 spiro atoms. The highest BCUT2D eigenvalue weighted by molar-refractivity contribution is 5.74. The summed E-state index contributed by atoms with van der Waals surface area (Å²) in [6.45, 7) is 2.69. The molecule has 3 heterocycles. The summed E-state index contributed by atoms with van der Waals surface area (Å²) in [7, 11) is 1.76. The van der Waals surface area contributed by atoms with Gasteiger partial charge in [0.15, 0.2) is 11.6 Å². The monoisotopic (exact) mass is 332 g/mol. The number of ether oxygens (including phenoxy) is 1. The Morgan fingerprint density at radius 2 is 1.92 bits per heavy atom. The van der Waals surface area contributed by atoms with E-state index >= 15 is 0 Å². The maximum Gasteiger partial charge on any atom is 0.245 e. The van der Waals surface area contributed by atoms with Crippen LogP contribution < -0.4 is 10.2 Å². The van der Waals surface area contributed by atoms with Crippen LogP contribution >= 0.6 is 0 Å². The summed E-state index contributed by atoms with van der Waals surface area (Å²) in [4.78, 5) is 11.6. The minimum atomic E-state index is 0.463. The summed E-state index contributed by atoms with van der Waals surface area (Å²) in [6.07, 6.45) is 7.23. The van der Waals surface area contributed by atoms with Gasteiger partial charge in [-0.3, -0.25) is 0 Å². The van der Waals surface area contributed by atoms with E-state index in [1.165, 1.54) is 32.1 Å². The zero-order valence-electron chi connectivity index (χ0n) is 14.1. The summed E-state index contributed by atoms with van der Waals surface area (Å²) in [6, 6.07) is 0.468. The second-order valence-electron chi connectivity index (χ2n) is 6.84. The van der Waals surface area contributed by atoms with Crippen LogP contribution in [0.1, 0.15) is 38.5 Å². The fourth-order valence-electron chi connectivity index (χ4n) is 3.84. The number of piperidine rings is 1. The van der Waals surface area contributed by atoms with Gasteiger partial charge in [0.1, 0.15) is 0 Å². The van der Waals surface area contributed by atoms with Crippen LogP contribution in [0.3, 0.4) is 0 Å². The number of nitrogens with one attached hydrogen (secondary N) is 1. The Labute approximate surface area is 140 Å². The number of aromatic nitrogens is 4. The molecule has 130 valence electrons. The molecule has 0 unspecified atom stereocenters. The predicted molar refractivity (Wildman–Crippen MR) is 90.1 cm³/mol. The minimum Gasteiger partial charge on any atom is -0.384 e. The summed E-state index contributed by atoms with van der Waals surface area (Å²) >= 11 is 0. The molecule has 1 saturated heterocycles. The van der Waals surface area contributed by atoms with Crippen LogP contribution in [0.15, 0.2) is 4.63 Å². The molecule has 1 aliphatic heterocycles. The summed E-state index contributed by atoms with van der Waals surface area (Å²) in [5.41, 5.74) is 0.931. The second kappa shape index (κ2) is 6.88. The van der Waals surface area contributed by atoms with E-state index in [-0.39, 0.29) is 0 Å². The van der Waals surface area contributed by atoms with Gasteiger partial charge in [-0.15, -0.1) is 0 Å². The van der Waals surface area contributed by atoms with Gasteiger partial charge in [-0.2, -0.15) is 0 Å². The third-order valence-electron chi connectivity index (χ3n) is 5.01. The molecule has 4 rings (SSSR count). The first-order chi connectivity index (χ1) is 11.8. The number of hydrogen-bond acceptors (Lipinski definition) is 8. The maximum absolute atomic E-state index is 5.35. The molecule has 1 saturated carbocycles. The van der Waals surface area contributed by atoms with Crippen LogP contribution in [0.2, 0.25) is 0 Å². The smallest absolute Gasteiger partial charge is 0.245 e. The van der Waals surface area contributed by atoms with E-state index in [0.29, 0.717) is 23.3 Å². The standard InChI is InChI=1S/C16H24N6O2/c1-23-10-11-5-4-8-22(9-11)16-15(17-12-6-2-3-7-12)18-13-14(19-16)21-24-20-13/h11-12H,2-10H2,1H3,(H,17,18,20)/t11-/m1/s1. The molecule has 2 aromatic heterocycles. The number of methoxy groups -OCH3 is 1. The Bertz CT molecular complexity index is 682. The fraction of sp³-hybridized carbons (Fsp3) is 0.750. The summed E-state index contributed by atoms with van der Waals surface area (Å²) in [5, 5.41) is 11.3. The average Bonchev–Trinajstić information content (AvgIpc) is 3.26. The van der Waals surface area contributed by atoms with E-state index in [9.17, 15) is 0 Å². The van der Waals surface area contributed by atoms with Gasteiger partial charge in [0.05, 0.1) is 6.61 Å². The van der Waals surface area contributed by atoms with Crippen molar-refractivity contribution in [2.75, 3.05) is 37.0 Å². The predicted octanol–water partition coefficient (Wildman–Crippen LogP) is 2.23. The average molecular weight is 332 g/mol. The molecule has 0 bridgehead atoms. The first-order valence-electron chi connectivity index (χ1n) is 8.84. The van der Waals surface area contributed by atoms with Gasteiger partial charge in [0.25, 0.3) is 0 Å². The lowest BCUT2D eigenvalue weighted by Gasteiger charge is -2.34. The van der Waals surface area contributed by atoms with Gasteiger partial charge in [-0.05, 0) is 41.9 Å². The lowest BCUT2D eigenvalue weighted by atomic mass is 9.99. The van der Waals surface area contributed by atoms with Crippen LogP contribution in [-0.2, 0) is 4.74 Å². The number of nitrogens with zero attached hydrogens (tertiary/aromatic N) is 5. The third kappa shape index (κ3) is 3.15. The Morgan fingerprint density at radius 3 is 2.71 bits per heavy atom. The summed E-state index contributed by atoms with van der Waals surface area (Å²) < 4.78 is 10.1. The Hall–Kier alpha value is -1.96. The highest BCUT2D eigenvalue weighted by Crippen LogP contribution is 2.31. The SMILES string of the molecule is COC[C@@H]1CCCN(c2nc3nonc3nc2NC2CCCC2)C1. The first kappa shape index (κ1) is 15.6. The van der Waals surface area contributed by atoms with Crippen molar-refractivity contribution in [1.29, 1.82) is 0 Å². The zero-order valence-corrected chi connectivity index (χ0v) is 14.1. The molecule has 1 aliphatic carbocycles. The Kier molecular flexibility index (Phi) is 4.46. The van der Waals surface area contributed by atoms with Crippen LogP contribution in [-0.4, -0.2) is 53.1 Å². The van der Waals surface area contributed by atoms with Crippen molar-refractivity contribution in [3.63, 3.8) is 0 Å². The number of anilines is 2. The fourth-order valence-corrected chi connectivity index (χ4v) is 3.84. The molecule has 2 fully saturated rings. The lowest BCUT2D eigenvalue weighted by molar-refractivity contribution is 0.143. The van der Waals surface area contributed by atoms with Crippen LogP contribution in [0.5, 0.6) is 0 Å². The van der Waals surface area contributed by atoms with E-state index in [4.69, 9.17) is 9.37 Å². The van der Waals surface area contributed by atoms with E-state index in [1.54, 1.807) is 7.11 Å². The molecule has 0 radical (unpaired) electrons. The van der Waals surface area contributed by atoms with E-state index in [2.05, 4.69) is 30.5 Å². The topological polar surface area (TPSA) is 89.2 Å². The van der Waals surface area contributed by atoms with Crippen molar-refractivity contribution in [3.8, 4) is 0 Å². The van der Waals surface area contributed by atoms with Gasteiger partial charge < -0.3 is 15.0 Å². The van der Waals surface area contributed by atoms with Crippen molar-refractivity contribution < 1.29 is 9.37 Å². The van der Waals surface area contributed by atoms with Crippen molar-refractivity contribution in [2.24, 2.45) is 5.92 Å². The normalized spacial score (nSPS) is 22.4. The molecule has 8 nitrogen and oxygen atoms in total. The molecule has 0 aromatic carbocycles. The first-order valence-corrected chi connectivity index (χ1v) is 8.84. The van der Waals surface area contributed by atoms with Gasteiger partial charge in [-0.1, -0.05) is 12.8 Å². The quantitative estimate of drug-likeness (QED) is 0.891. The number of fused-ring (bicyclic) bond motifs is 1. The number of rotatable bonds is 5. The third-order valence-corrected chi connectivity index (χ3v) is 5.01. The van der Waals surface area contributed by atoms with Crippen LogP contribution in [0, 0.1) is 5.92 Å². The minimum absolute atomic E-state index is 0.463. The Balaban J connectivity index is 1.63. The van der Waals surface area contributed by atoms with Crippen molar-refractivity contribution in [2.45, 2.75) is 44.6 Å². The lowest BCUT2D eigenvalue weighted by Crippen LogP contribution is -2.38.